The van der Waals surface area contributed by atoms with Gasteiger partial charge in [-0.3, -0.25) is 9.36 Å². The molecule has 0 saturated carbocycles. The van der Waals surface area contributed by atoms with Crippen molar-refractivity contribution in [2.24, 2.45) is 0 Å². The second-order valence-corrected chi connectivity index (χ2v) is 5.57. The fourth-order valence-electron chi connectivity index (χ4n) is 2.63. The number of rotatable bonds is 1. The van der Waals surface area contributed by atoms with E-state index in [-0.39, 0.29) is 5.56 Å². The molecule has 0 amide bonds. The molecule has 4 rings (SSSR count). The van der Waals surface area contributed by atoms with Crippen molar-refractivity contribution in [2.75, 3.05) is 0 Å². The normalized spacial score (nSPS) is 11.2. The third kappa shape index (κ3) is 1.53. The molecule has 0 saturated heterocycles. The molecule has 0 aliphatic heterocycles. The van der Waals surface area contributed by atoms with Gasteiger partial charge in [-0.25, -0.2) is 0 Å². The first kappa shape index (κ1) is 11.4. The highest BCUT2D eigenvalue weighted by Crippen LogP contribution is 2.27. The highest BCUT2D eigenvalue weighted by atomic mass is 32.1. The molecule has 0 radical (unpaired) electrons. The summed E-state index contributed by atoms with van der Waals surface area (Å²) < 4.78 is 2.61. The zero-order valence-corrected chi connectivity index (χ0v) is 11.4. The lowest BCUT2D eigenvalue weighted by molar-refractivity contribution is 1.06. The Morgan fingerprint density at radius 1 is 0.800 bits per heavy atom. The van der Waals surface area contributed by atoms with Crippen LogP contribution in [-0.4, -0.2) is 4.57 Å². The van der Waals surface area contributed by atoms with Crippen LogP contribution in [0.25, 0.3) is 26.7 Å². The van der Waals surface area contributed by atoms with Crippen molar-refractivity contribution in [3.05, 3.63) is 76.4 Å². The highest BCUT2D eigenvalue weighted by molar-refractivity contribution is 7.17. The van der Waals surface area contributed by atoms with Gasteiger partial charge in [-0.05, 0) is 29.6 Å². The summed E-state index contributed by atoms with van der Waals surface area (Å²) in [7, 11) is 0. The number of benzene rings is 2. The van der Waals surface area contributed by atoms with Gasteiger partial charge in [0.25, 0.3) is 5.56 Å². The Morgan fingerprint density at radius 3 is 2.40 bits per heavy atom. The van der Waals surface area contributed by atoms with E-state index in [1.54, 1.807) is 4.57 Å². The zero-order chi connectivity index (χ0) is 13.5. The molecule has 0 unspecified atom stereocenters. The number of thiophene rings is 1. The van der Waals surface area contributed by atoms with E-state index in [0.29, 0.717) is 0 Å². The molecule has 4 aromatic rings. The molecule has 0 atom stereocenters. The van der Waals surface area contributed by atoms with Gasteiger partial charge in [0.2, 0.25) is 0 Å². The molecule has 0 N–H and O–H groups in total. The van der Waals surface area contributed by atoms with Gasteiger partial charge in [-0.15, -0.1) is 11.3 Å². The predicted octanol–water partition coefficient (Wildman–Crippen LogP) is 4.21. The molecule has 3 heteroatoms. The average molecular weight is 277 g/mol. The quantitative estimate of drug-likeness (QED) is 0.511. The minimum Gasteiger partial charge on any atom is -0.276 e. The molecule has 20 heavy (non-hydrogen) atoms. The van der Waals surface area contributed by atoms with Crippen molar-refractivity contribution >= 4 is 32.3 Å². The summed E-state index contributed by atoms with van der Waals surface area (Å²) in [5, 5.41) is 4.14. The number of hydrogen-bond acceptors (Lipinski definition) is 2. The van der Waals surface area contributed by atoms with Crippen molar-refractivity contribution in [2.45, 2.75) is 0 Å². The van der Waals surface area contributed by atoms with Crippen LogP contribution in [0.5, 0.6) is 0 Å². The first-order chi connectivity index (χ1) is 9.86. The number of hydrogen-bond donors (Lipinski definition) is 0. The standard InChI is InChI=1S/C17H11NOS/c19-17-16-14(10-11-20-16)13-8-4-5-9-15(13)18(17)12-6-2-1-3-7-12/h1-11H. The molecule has 0 aliphatic carbocycles. The smallest absolute Gasteiger partial charge is 0.273 e. The Hall–Kier alpha value is -2.39. The van der Waals surface area contributed by atoms with Crippen LogP contribution in [0.3, 0.4) is 0 Å². The number of fused-ring (bicyclic) bond motifs is 3. The van der Waals surface area contributed by atoms with Crippen molar-refractivity contribution in [1.29, 1.82) is 0 Å². The van der Waals surface area contributed by atoms with Gasteiger partial charge >= 0.3 is 0 Å². The van der Waals surface area contributed by atoms with E-state index in [4.69, 9.17) is 0 Å². The van der Waals surface area contributed by atoms with Gasteiger partial charge in [0.15, 0.2) is 0 Å². The van der Waals surface area contributed by atoms with Crippen LogP contribution < -0.4 is 5.56 Å². The summed E-state index contributed by atoms with van der Waals surface area (Å²) in [6, 6.07) is 19.9. The van der Waals surface area contributed by atoms with Crippen LogP contribution >= 0.6 is 11.3 Å². The van der Waals surface area contributed by atoms with E-state index in [0.717, 1.165) is 26.7 Å². The van der Waals surface area contributed by atoms with Crippen LogP contribution in [0.4, 0.5) is 0 Å². The fraction of sp³-hybridized carbons (Fsp3) is 0. The van der Waals surface area contributed by atoms with Crippen LogP contribution in [0.1, 0.15) is 0 Å². The Labute approximate surface area is 119 Å². The average Bonchev–Trinajstić information content (AvgIpc) is 2.99. The molecule has 0 aliphatic rings. The monoisotopic (exact) mass is 277 g/mol. The molecular formula is C17H11NOS. The molecule has 0 spiro atoms. The molecular weight excluding hydrogens is 266 g/mol. The van der Waals surface area contributed by atoms with E-state index in [1.165, 1.54) is 11.3 Å². The summed E-state index contributed by atoms with van der Waals surface area (Å²) in [5.41, 5.74) is 1.92. The SMILES string of the molecule is O=c1c2sccc2c2ccccc2n1-c1ccccc1. The third-order valence-corrected chi connectivity index (χ3v) is 4.41. The second-order valence-electron chi connectivity index (χ2n) is 4.66. The number of para-hydroxylation sites is 2. The van der Waals surface area contributed by atoms with Crippen LogP contribution in [0, 0.1) is 0 Å². The Morgan fingerprint density at radius 2 is 1.55 bits per heavy atom. The highest BCUT2D eigenvalue weighted by Gasteiger charge is 2.12. The first-order valence-corrected chi connectivity index (χ1v) is 7.30. The Balaban J connectivity index is 2.28. The molecule has 2 heterocycles. The lowest BCUT2D eigenvalue weighted by Crippen LogP contribution is -2.18. The van der Waals surface area contributed by atoms with Gasteiger partial charge in [0.05, 0.1) is 5.52 Å². The summed E-state index contributed by atoms with van der Waals surface area (Å²) in [4.78, 5) is 12.8. The van der Waals surface area contributed by atoms with E-state index in [1.807, 2.05) is 60.0 Å². The van der Waals surface area contributed by atoms with E-state index >= 15 is 0 Å². The summed E-state index contributed by atoms with van der Waals surface area (Å²) in [5.74, 6) is 0. The summed E-state index contributed by atoms with van der Waals surface area (Å²) >= 11 is 1.50. The molecule has 0 fully saturated rings. The maximum Gasteiger partial charge on any atom is 0.273 e. The maximum atomic E-state index is 12.8. The van der Waals surface area contributed by atoms with Gasteiger partial charge in [0.1, 0.15) is 4.70 Å². The number of pyridine rings is 1. The fourth-order valence-corrected chi connectivity index (χ4v) is 3.46. The van der Waals surface area contributed by atoms with Crippen molar-refractivity contribution < 1.29 is 0 Å². The van der Waals surface area contributed by atoms with Crippen LogP contribution in [0.2, 0.25) is 0 Å². The van der Waals surface area contributed by atoms with E-state index in [2.05, 4.69) is 6.07 Å². The lowest BCUT2D eigenvalue weighted by Gasteiger charge is -2.11. The van der Waals surface area contributed by atoms with E-state index in [9.17, 15) is 4.79 Å². The largest absolute Gasteiger partial charge is 0.276 e. The van der Waals surface area contributed by atoms with E-state index < -0.39 is 0 Å². The summed E-state index contributed by atoms with van der Waals surface area (Å²) in [6.45, 7) is 0. The lowest BCUT2D eigenvalue weighted by atomic mass is 10.1. The topological polar surface area (TPSA) is 22.0 Å². The maximum absolute atomic E-state index is 12.8. The minimum absolute atomic E-state index is 0.0555. The van der Waals surface area contributed by atoms with Crippen LogP contribution in [0.15, 0.2) is 70.8 Å². The molecule has 0 bridgehead atoms. The second kappa shape index (κ2) is 4.32. The van der Waals surface area contributed by atoms with Gasteiger partial charge in [-0.2, -0.15) is 0 Å². The number of aromatic nitrogens is 1. The Kier molecular flexibility index (Phi) is 2.47. The zero-order valence-electron chi connectivity index (χ0n) is 10.6. The van der Waals surface area contributed by atoms with Gasteiger partial charge in [0, 0.05) is 16.5 Å². The molecule has 2 nitrogen and oxygen atoms in total. The first-order valence-electron chi connectivity index (χ1n) is 6.42. The number of nitrogens with zero attached hydrogens (tertiary/aromatic N) is 1. The summed E-state index contributed by atoms with van der Waals surface area (Å²) in [6.07, 6.45) is 0. The Bertz CT molecular complexity index is 967. The van der Waals surface area contributed by atoms with Crippen molar-refractivity contribution in [3.63, 3.8) is 0 Å². The predicted molar refractivity (Wildman–Crippen MR) is 84.9 cm³/mol. The molecule has 2 aromatic heterocycles. The third-order valence-electron chi connectivity index (χ3n) is 3.51. The minimum atomic E-state index is 0.0555. The molecule has 96 valence electrons. The van der Waals surface area contributed by atoms with Crippen molar-refractivity contribution in [3.8, 4) is 5.69 Å². The molecule has 2 aromatic carbocycles. The van der Waals surface area contributed by atoms with Gasteiger partial charge in [-0.1, -0.05) is 36.4 Å². The van der Waals surface area contributed by atoms with Crippen LogP contribution in [-0.2, 0) is 0 Å². The van der Waals surface area contributed by atoms with Crippen molar-refractivity contribution in [1.82, 2.24) is 4.57 Å². The van der Waals surface area contributed by atoms with Gasteiger partial charge < -0.3 is 0 Å².